The largest absolute Gasteiger partial charge is 0.396 e. The third-order valence-electron chi connectivity index (χ3n) is 3.06. The van der Waals surface area contributed by atoms with Crippen LogP contribution in [0, 0.1) is 11.3 Å². The van der Waals surface area contributed by atoms with Gasteiger partial charge in [-0.2, -0.15) is 0 Å². The van der Waals surface area contributed by atoms with Gasteiger partial charge in [0.25, 0.3) is 0 Å². The van der Waals surface area contributed by atoms with Crippen LogP contribution in [0.25, 0.3) is 0 Å². The molecular formula is C10H20O. The van der Waals surface area contributed by atoms with Gasteiger partial charge in [0.2, 0.25) is 0 Å². The summed E-state index contributed by atoms with van der Waals surface area (Å²) in [6.07, 6.45) is 6.62. The van der Waals surface area contributed by atoms with E-state index >= 15 is 0 Å². The lowest BCUT2D eigenvalue weighted by Gasteiger charge is -2.05. The molecule has 1 heteroatoms. The van der Waals surface area contributed by atoms with E-state index in [4.69, 9.17) is 5.11 Å². The van der Waals surface area contributed by atoms with Gasteiger partial charge in [-0.3, -0.25) is 0 Å². The quantitative estimate of drug-likeness (QED) is 0.607. The molecule has 0 aromatic carbocycles. The Morgan fingerprint density at radius 3 is 2.64 bits per heavy atom. The molecule has 2 unspecified atom stereocenters. The highest BCUT2D eigenvalue weighted by atomic mass is 16.3. The molecule has 0 amide bonds. The molecule has 2 atom stereocenters. The van der Waals surface area contributed by atoms with Gasteiger partial charge in [-0.05, 0) is 24.2 Å². The average molecular weight is 156 g/mol. The Hall–Kier alpha value is -0.0400. The van der Waals surface area contributed by atoms with Crippen LogP contribution in [0.4, 0.5) is 0 Å². The monoisotopic (exact) mass is 156 g/mol. The second kappa shape index (κ2) is 3.57. The summed E-state index contributed by atoms with van der Waals surface area (Å²) in [6, 6.07) is 0. The fourth-order valence-electron chi connectivity index (χ4n) is 1.79. The van der Waals surface area contributed by atoms with Gasteiger partial charge in [0.1, 0.15) is 0 Å². The third kappa shape index (κ3) is 2.19. The first-order chi connectivity index (χ1) is 5.23. The van der Waals surface area contributed by atoms with Crippen LogP contribution >= 0.6 is 0 Å². The molecule has 0 heterocycles. The standard InChI is InChI=1S/C10H20O/c1-3-4-5-6-9-7-10(9,2)8-11/h9,11H,3-8H2,1-2H3. The molecule has 0 spiro atoms. The van der Waals surface area contributed by atoms with Crippen LogP contribution in [-0.2, 0) is 0 Å². The number of rotatable bonds is 5. The van der Waals surface area contributed by atoms with Gasteiger partial charge in [0.15, 0.2) is 0 Å². The highest BCUT2D eigenvalue weighted by molar-refractivity contribution is 4.97. The Morgan fingerprint density at radius 2 is 2.18 bits per heavy atom. The molecule has 1 fully saturated rings. The molecule has 11 heavy (non-hydrogen) atoms. The summed E-state index contributed by atoms with van der Waals surface area (Å²) in [7, 11) is 0. The lowest BCUT2D eigenvalue weighted by molar-refractivity contribution is 0.209. The van der Waals surface area contributed by atoms with Crippen LogP contribution in [0.15, 0.2) is 0 Å². The van der Waals surface area contributed by atoms with E-state index in [0.717, 1.165) is 5.92 Å². The maximum absolute atomic E-state index is 8.99. The van der Waals surface area contributed by atoms with E-state index in [2.05, 4.69) is 13.8 Å². The molecule has 1 aliphatic carbocycles. The van der Waals surface area contributed by atoms with E-state index in [1.54, 1.807) is 0 Å². The summed E-state index contributed by atoms with van der Waals surface area (Å²) in [6.45, 7) is 4.82. The molecule has 0 bridgehead atoms. The zero-order chi connectivity index (χ0) is 8.32. The van der Waals surface area contributed by atoms with Gasteiger partial charge >= 0.3 is 0 Å². The Balaban J connectivity index is 2.04. The van der Waals surface area contributed by atoms with Gasteiger partial charge in [-0.1, -0.05) is 33.1 Å². The maximum atomic E-state index is 8.99. The molecule has 1 rings (SSSR count). The number of hydrogen-bond donors (Lipinski definition) is 1. The van der Waals surface area contributed by atoms with Crippen molar-refractivity contribution in [1.82, 2.24) is 0 Å². The second-order valence-electron chi connectivity index (χ2n) is 4.21. The van der Waals surface area contributed by atoms with Gasteiger partial charge in [0.05, 0.1) is 0 Å². The molecule has 0 aromatic heterocycles. The average Bonchev–Trinajstić information content (AvgIpc) is 2.64. The smallest absolute Gasteiger partial charge is 0.0487 e. The van der Waals surface area contributed by atoms with Crippen molar-refractivity contribution in [3.8, 4) is 0 Å². The van der Waals surface area contributed by atoms with E-state index in [9.17, 15) is 0 Å². The first kappa shape index (κ1) is 9.05. The highest BCUT2D eigenvalue weighted by Gasteiger charge is 2.48. The van der Waals surface area contributed by atoms with Gasteiger partial charge in [-0.25, -0.2) is 0 Å². The van der Waals surface area contributed by atoms with Crippen molar-refractivity contribution in [2.45, 2.75) is 46.0 Å². The van der Waals surface area contributed by atoms with Crippen molar-refractivity contribution < 1.29 is 5.11 Å². The molecular weight excluding hydrogens is 136 g/mol. The van der Waals surface area contributed by atoms with Crippen molar-refractivity contribution in [3.05, 3.63) is 0 Å². The Morgan fingerprint density at radius 1 is 1.45 bits per heavy atom. The molecule has 0 radical (unpaired) electrons. The van der Waals surface area contributed by atoms with Crippen LogP contribution < -0.4 is 0 Å². The third-order valence-corrected chi connectivity index (χ3v) is 3.06. The fourth-order valence-corrected chi connectivity index (χ4v) is 1.79. The van der Waals surface area contributed by atoms with Gasteiger partial charge in [0, 0.05) is 6.61 Å². The zero-order valence-electron chi connectivity index (χ0n) is 7.77. The first-order valence-corrected chi connectivity index (χ1v) is 4.84. The molecule has 0 aliphatic heterocycles. The summed E-state index contributed by atoms with van der Waals surface area (Å²) >= 11 is 0. The van der Waals surface area contributed by atoms with E-state index in [1.807, 2.05) is 0 Å². The second-order valence-corrected chi connectivity index (χ2v) is 4.21. The normalized spacial score (nSPS) is 35.7. The van der Waals surface area contributed by atoms with Crippen LogP contribution in [0.1, 0.15) is 46.0 Å². The predicted molar refractivity (Wildman–Crippen MR) is 47.4 cm³/mol. The highest BCUT2D eigenvalue weighted by Crippen LogP contribution is 2.54. The number of hydrogen-bond acceptors (Lipinski definition) is 1. The molecule has 1 nitrogen and oxygen atoms in total. The summed E-state index contributed by atoms with van der Waals surface area (Å²) in [4.78, 5) is 0. The van der Waals surface area contributed by atoms with Crippen molar-refractivity contribution in [2.24, 2.45) is 11.3 Å². The summed E-state index contributed by atoms with van der Waals surface area (Å²) in [5.41, 5.74) is 0.313. The van der Waals surface area contributed by atoms with E-state index in [-0.39, 0.29) is 0 Å². The minimum Gasteiger partial charge on any atom is -0.396 e. The molecule has 1 N–H and O–H groups in total. The topological polar surface area (TPSA) is 20.2 Å². The van der Waals surface area contributed by atoms with Gasteiger partial charge < -0.3 is 5.11 Å². The van der Waals surface area contributed by atoms with E-state index in [1.165, 1.54) is 32.1 Å². The minimum absolute atomic E-state index is 0.313. The first-order valence-electron chi connectivity index (χ1n) is 4.84. The molecule has 1 aliphatic rings. The van der Waals surface area contributed by atoms with Gasteiger partial charge in [-0.15, -0.1) is 0 Å². The van der Waals surface area contributed by atoms with Crippen molar-refractivity contribution >= 4 is 0 Å². The van der Waals surface area contributed by atoms with E-state index in [0.29, 0.717) is 12.0 Å². The summed E-state index contributed by atoms with van der Waals surface area (Å²) < 4.78 is 0. The van der Waals surface area contributed by atoms with Crippen molar-refractivity contribution in [3.63, 3.8) is 0 Å². The Labute approximate surface area is 69.8 Å². The minimum atomic E-state index is 0.313. The number of aliphatic hydroxyl groups excluding tert-OH is 1. The number of aliphatic hydroxyl groups is 1. The van der Waals surface area contributed by atoms with Crippen molar-refractivity contribution in [2.75, 3.05) is 6.61 Å². The zero-order valence-corrected chi connectivity index (χ0v) is 7.77. The SMILES string of the molecule is CCCCCC1CC1(C)CO. The van der Waals surface area contributed by atoms with Crippen LogP contribution in [0.5, 0.6) is 0 Å². The lowest BCUT2D eigenvalue weighted by atomic mass is 10.0. The summed E-state index contributed by atoms with van der Waals surface area (Å²) in [5, 5.41) is 8.99. The maximum Gasteiger partial charge on any atom is 0.0487 e. The molecule has 0 saturated heterocycles. The Bertz CT molecular complexity index is 122. The lowest BCUT2D eigenvalue weighted by Crippen LogP contribution is -2.03. The molecule has 66 valence electrons. The predicted octanol–water partition coefficient (Wildman–Crippen LogP) is 2.59. The Kier molecular flexibility index (Phi) is 2.94. The molecule has 0 aromatic rings. The fraction of sp³-hybridized carbons (Fsp3) is 1.00. The molecule has 1 saturated carbocycles. The van der Waals surface area contributed by atoms with E-state index < -0.39 is 0 Å². The van der Waals surface area contributed by atoms with Crippen LogP contribution in [0.3, 0.4) is 0 Å². The van der Waals surface area contributed by atoms with Crippen molar-refractivity contribution in [1.29, 1.82) is 0 Å². The van der Waals surface area contributed by atoms with Crippen LogP contribution in [0.2, 0.25) is 0 Å². The van der Waals surface area contributed by atoms with Crippen LogP contribution in [-0.4, -0.2) is 11.7 Å². The summed E-state index contributed by atoms with van der Waals surface area (Å²) in [5.74, 6) is 0.832. The number of unbranched alkanes of at least 4 members (excludes halogenated alkanes) is 2.